The number of rotatable bonds is 10. The largest absolute Gasteiger partial charge is 0.381 e. The van der Waals surface area contributed by atoms with Crippen LogP contribution in [-0.2, 0) is 17.6 Å². The van der Waals surface area contributed by atoms with Crippen LogP contribution in [0.1, 0.15) is 36.1 Å². The monoisotopic (exact) mass is 452 g/mol. The van der Waals surface area contributed by atoms with Crippen molar-refractivity contribution in [1.29, 1.82) is 0 Å². The van der Waals surface area contributed by atoms with E-state index in [0.29, 0.717) is 0 Å². The Morgan fingerprint density at radius 3 is 2.83 bits per heavy atom. The first-order valence-electron chi connectivity index (χ1n) is 8.27. The van der Waals surface area contributed by atoms with Crippen LogP contribution in [0.4, 0.5) is 0 Å². The summed E-state index contributed by atoms with van der Waals surface area (Å²) in [6.45, 7) is 5.69. The second-order valence-corrected chi connectivity index (χ2v) is 6.82. The Bertz CT molecular complexity index is 463. The van der Waals surface area contributed by atoms with Crippen LogP contribution in [-0.4, -0.2) is 44.3 Å². The van der Waals surface area contributed by atoms with E-state index in [9.17, 15) is 0 Å². The number of nitrogens with one attached hydrogen (secondary N) is 2. The number of hydrogen-bond donors (Lipinski definition) is 2. The highest BCUT2D eigenvalue weighted by molar-refractivity contribution is 14.0. The molecule has 0 saturated heterocycles. The summed E-state index contributed by atoms with van der Waals surface area (Å²) in [5.41, 5.74) is 0. The first-order chi connectivity index (χ1) is 10.8. The molecule has 1 aliphatic rings. The van der Waals surface area contributed by atoms with Gasteiger partial charge in [-0.2, -0.15) is 0 Å². The number of aryl methyl sites for hydroxylation is 1. The predicted octanol–water partition coefficient (Wildman–Crippen LogP) is 2.85. The molecule has 2 rings (SSSR count). The normalized spacial score (nSPS) is 14.4. The lowest BCUT2D eigenvalue weighted by molar-refractivity contribution is 0.123. The minimum Gasteiger partial charge on any atom is -0.381 e. The third kappa shape index (κ3) is 8.85. The van der Waals surface area contributed by atoms with E-state index in [-0.39, 0.29) is 24.0 Å². The number of hydrogen-bond acceptors (Lipinski definition) is 4. The highest BCUT2D eigenvalue weighted by Crippen LogP contribution is 2.28. The number of nitrogens with zero attached hydrogens (tertiary/aromatic N) is 2. The van der Waals surface area contributed by atoms with Gasteiger partial charge in [-0.25, -0.2) is 4.98 Å². The summed E-state index contributed by atoms with van der Waals surface area (Å²) in [6, 6.07) is 0. The molecule has 1 heterocycles. The molecule has 0 spiro atoms. The third-order valence-electron chi connectivity index (χ3n) is 3.61. The van der Waals surface area contributed by atoms with Gasteiger partial charge >= 0.3 is 0 Å². The lowest BCUT2D eigenvalue weighted by atomic mass is 10.4. The van der Waals surface area contributed by atoms with Crippen LogP contribution in [0.5, 0.6) is 0 Å². The number of aliphatic imine (C=N–C) groups is 1. The lowest BCUT2D eigenvalue weighted by Gasteiger charge is -2.11. The van der Waals surface area contributed by atoms with E-state index in [4.69, 9.17) is 4.74 Å². The van der Waals surface area contributed by atoms with Gasteiger partial charge in [-0.15, -0.1) is 35.3 Å². The van der Waals surface area contributed by atoms with E-state index in [0.717, 1.165) is 57.4 Å². The Morgan fingerprint density at radius 1 is 1.39 bits per heavy atom. The topological polar surface area (TPSA) is 58.5 Å². The van der Waals surface area contributed by atoms with Crippen molar-refractivity contribution < 1.29 is 4.74 Å². The van der Waals surface area contributed by atoms with E-state index >= 15 is 0 Å². The number of thiazole rings is 1. The minimum atomic E-state index is 0. The number of ether oxygens (including phenoxy) is 1. The van der Waals surface area contributed by atoms with E-state index in [1.165, 1.54) is 22.7 Å². The van der Waals surface area contributed by atoms with Crippen molar-refractivity contribution in [3.8, 4) is 0 Å². The molecule has 0 radical (unpaired) electrons. The average Bonchev–Trinajstić information content (AvgIpc) is 3.25. The molecule has 0 amide bonds. The minimum absolute atomic E-state index is 0. The Morgan fingerprint density at radius 2 is 2.17 bits per heavy atom. The SMILES string of the molecule is CCc1cnc(CCNC(=NC)NCCCOCC2CC2)s1.I. The van der Waals surface area contributed by atoms with Crippen molar-refractivity contribution in [3.05, 3.63) is 16.1 Å². The Kier molecular flexibility index (Phi) is 10.8. The first kappa shape index (κ1) is 20.6. The molecule has 2 N–H and O–H groups in total. The van der Waals surface area contributed by atoms with Gasteiger partial charge in [0.05, 0.1) is 5.01 Å². The Labute approximate surface area is 160 Å². The molecule has 132 valence electrons. The number of halogens is 1. The zero-order chi connectivity index (χ0) is 15.6. The van der Waals surface area contributed by atoms with Crippen LogP contribution >= 0.6 is 35.3 Å². The van der Waals surface area contributed by atoms with Crippen molar-refractivity contribution >= 4 is 41.3 Å². The summed E-state index contributed by atoms with van der Waals surface area (Å²) < 4.78 is 5.62. The molecular weight excluding hydrogens is 423 g/mol. The molecule has 0 bridgehead atoms. The van der Waals surface area contributed by atoms with Gasteiger partial charge in [0.2, 0.25) is 0 Å². The van der Waals surface area contributed by atoms with Crippen molar-refractivity contribution in [2.24, 2.45) is 10.9 Å². The molecule has 23 heavy (non-hydrogen) atoms. The fourth-order valence-electron chi connectivity index (χ4n) is 2.05. The zero-order valence-electron chi connectivity index (χ0n) is 14.1. The fraction of sp³-hybridized carbons (Fsp3) is 0.750. The molecule has 7 heteroatoms. The molecule has 1 fully saturated rings. The Balaban J connectivity index is 0.00000264. The maximum absolute atomic E-state index is 5.62. The van der Waals surface area contributed by atoms with E-state index < -0.39 is 0 Å². The molecule has 1 aromatic rings. The molecular formula is C16H29IN4OS. The molecule has 1 aliphatic carbocycles. The molecule has 1 saturated carbocycles. The highest BCUT2D eigenvalue weighted by Gasteiger charge is 2.20. The van der Waals surface area contributed by atoms with Crippen LogP contribution < -0.4 is 10.6 Å². The van der Waals surface area contributed by atoms with Crippen LogP contribution in [0.15, 0.2) is 11.2 Å². The molecule has 0 aliphatic heterocycles. The standard InChI is InChI=1S/C16H28N4OS.HI/c1-3-14-11-20-15(22-14)7-9-19-16(17-2)18-8-4-10-21-12-13-5-6-13;/h11,13H,3-10,12H2,1-2H3,(H2,17,18,19);1H. The summed E-state index contributed by atoms with van der Waals surface area (Å²) >= 11 is 1.80. The lowest BCUT2D eigenvalue weighted by Crippen LogP contribution is -2.39. The number of guanidine groups is 1. The number of aromatic nitrogens is 1. The molecule has 1 aromatic heterocycles. The Hall–Kier alpha value is -0.410. The van der Waals surface area contributed by atoms with Gasteiger partial charge in [0, 0.05) is 50.8 Å². The third-order valence-corrected chi connectivity index (χ3v) is 4.81. The highest BCUT2D eigenvalue weighted by atomic mass is 127. The maximum Gasteiger partial charge on any atom is 0.190 e. The van der Waals surface area contributed by atoms with Crippen LogP contribution in [0.25, 0.3) is 0 Å². The molecule has 0 aromatic carbocycles. The zero-order valence-corrected chi connectivity index (χ0v) is 17.3. The summed E-state index contributed by atoms with van der Waals surface area (Å²) in [5, 5.41) is 7.83. The summed E-state index contributed by atoms with van der Waals surface area (Å²) in [4.78, 5) is 10.0. The molecule has 0 unspecified atom stereocenters. The van der Waals surface area contributed by atoms with Gasteiger partial charge < -0.3 is 15.4 Å². The molecule has 5 nitrogen and oxygen atoms in total. The average molecular weight is 452 g/mol. The predicted molar refractivity (Wildman–Crippen MR) is 108 cm³/mol. The quantitative estimate of drug-likeness (QED) is 0.248. The summed E-state index contributed by atoms with van der Waals surface area (Å²) in [6.07, 6.45) is 7.71. The maximum atomic E-state index is 5.62. The summed E-state index contributed by atoms with van der Waals surface area (Å²) in [5.74, 6) is 1.70. The van der Waals surface area contributed by atoms with E-state index in [1.54, 1.807) is 18.4 Å². The van der Waals surface area contributed by atoms with Crippen LogP contribution in [0.2, 0.25) is 0 Å². The van der Waals surface area contributed by atoms with Crippen molar-refractivity contribution in [3.63, 3.8) is 0 Å². The van der Waals surface area contributed by atoms with Gasteiger partial charge in [0.15, 0.2) is 5.96 Å². The summed E-state index contributed by atoms with van der Waals surface area (Å²) in [7, 11) is 1.80. The van der Waals surface area contributed by atoms with Crippen LogP contribution in [0, 0.1) is 5.92 Å². The van der Waals surface area contributed by atoms with Gasteiger partial charge in [-0.3, -0.25) is 4.99 Å². The van der Waals surface area contributed by atoms with Gasteiger partial charge in [-0.1, -0.05) is 6.92 Å². The van der Waals surface area contributed by atoms with Gasteiger partial charge in [0.25, 0.3) is 0 Å². The van der Waals surface area contributed by atoms with Crippen molar-refractivity contribution in [2.75, 3.05) is 33.4 Å². The van der Waals surface area contributed by atoms with Crippen LogP contribution in [0.3, 0.4) is 0 Å². The van der Waals surface area contributed by atoms with Gasteiger partial charge in [0.1, 0.15) is 0 Å². The second kappa shape index (κ2) is 12.0. The first-order valence-corrected chi connectivity index (χ1v) is 9.09. The van der Waals surface area contributed by atoms with Crippen molar-refractivity contribution in [1.82, 2.24) is 15.6 Å². The smallest absolute Gasteiger partial charge is 0.190 e. The van der Waals surface area contributed by atoms with Gasteiger partial charge in [-0.05, 0) is 31.6 Å². The van der Waals surface area contributed by atoms with Crippen molar-refractivity contribution in [2.45, 2.75) is 39.0 Å². The fourth-order valence-corrected chi connectivity index (χ4v) is 2.91. The second-order valence-electron chi connectivity index (χ2n) is 5.62. The van der Waals surface area contributed by atoms with E-state index in [1.807, 2.05) is 6.20 Å². The van der Waals surface area contributed by atoms with E-state index in [2.05, 4.69) is 27.5 Å². The molecule has 0 atom stereocenters.